The predicted octanol–water partition coefficient (Wildman–Crippen LogP) is 5.72. The van der Waals surface area contributed by atoms with Gasteiger partial charge in [-0.1, -0.05) is 74.0 Å². The quantitative estimate of drug-likeness (QED) is 0.491. The molecule has 2 amide bonds. The van der Waals surface area contributed by atoms with Crippen LogP contribution >= 0.6 is 0 Å². The van der Waals surface area contributed by atoms with E-state index >= 15 is 0 Å². The van der Waals surface area contributed by atoms with Crippen LogP contribution in [-0.4, -0.2) is 29.8 Å². The Morgan fingerprint density at radius 1 is 0.818 bits per heavy atom. The number of carbonyl (C=O) groups excluding carboxylic acids is 2. The van der Waals surface area contributed by atoms with Gasteiger partial charge in [-0.15, -0.1) is 0 Å². The van der Waals surface area contributed by atoms with Gasteiger partial charge in [0.05, 0.1) is 11.3 Å². The highest BCUT2D eigenvalue weighted by Crippen LogP contribution is 2.40. The van der Waals surface area contributed by atoms with Gasteiger partial charge in [0.25, 0.3) is 11.8 Å². The maximum absolute atomic E-state index is 14.0. The highest BCUT2D eigenvalue weighted by Gasteiger charge is 2.44. The Morgan fingerprint density at radius 3 is 2.24 bits per heavy atom. The third-order valence-corrected chi connectivity index (χ3v) is 6.90. The van der Waals surface area contributed by atoms with E-state index < -0.39 is 0 Å². The highest BCUT2D eigenvalue weighted by molar-refractivity contribution is 6.46. The van der Waals surface area contributed by atoms with Crippen molar-refractivity contribution in [3.63, 3.8) is 0 Å². The van der Waals surface area contributed by atoms with Gasteiger partial charge in [-0.2, -0.15) is 0 Å². The zero-order valence-corrected chi connectivity index (χ0v) is 19.8. The van der Waals surface area contributed by atoms with Crippen molar-refractivity contribution in [1.82, 2.24) is 4.90 Å². The standard InChI is InChI=1S/C29H30N2O2/c1-18-12-13-23(21(4)15-18)26-27(30-16-19(2)14-20(3)17-30)29(33)31(28(26)32)25-11-7-9-22-8-5-6-10-24(22)25/h5-13,15,19-20H,14,16-17H2,1-4H3. The molecule has 2 unspecified atom stereocenters. The molecule has 2 aliphatic heterocycles. The predicted molar refractivity (Wildman–Crippen MR) is 134 cm³/mol. The van der Waals surface area contributed by atoms with Crippen LogP contribution in [0, 0.1) is 25.7 Å². The molecule has 1 saturated heterocycles. The van der Waals surface area contributed by atoms with E-state index in [1.54, 1.807) is 0 Å². The molecular weight excluding hydrogens is 408 g/mol. The van der Waals surface area contributed by atoms with Crippen molar-refractivity contribution in [2.75, 3.05) is 18.0 Å². The number of fused-ring (bicyclic) bond motifs is 1. The number of rotatable bonds is 3. The lowest BCUT2D eigenvalue weighted by Crippen LogP contribution is -2.42. The van der Waals surface area contributed by atoms with E-state index in [1.165, 1.54) is 4.90 Å². The lowest BCUT2D eigenvalue weighted by molar-refractivity contribution is -0.120. The average Bonchev–Trinajstić information content (AvgIpc) is 3.02. The Bertz CT molecular complexity index is 1290. The first kappa shape index (κ1) is 21.4. The molecule has 0 radical (unpaired) electrons. The smallest absolute Gasteiger partial charge is 0.282 e. The van der Waals surface area contributed by atoms with Gasteiger partial charge in [0.15, 0.2) is 0 Å². The van der Waals surface area contributed by atoms with Crippen molar-refractivity contribution in [3.05, 3.63) is 83.1 Å². The summed E-state index contributed by atoms with van der Waals surface area (Å²) in [6.07, 6.45) is 1.14. The van der Waals surface area contributed by atoms with Crippen molar-refractivity contribution < 1.29 is 9.59 Å². The molecule has 0 bridgehead atoms. The Balaban J connectivity index is 1.70. The van der Waals surface area contributed by atoms with Crippen LogP contribution in [0.4, 0.5) is 5.69 Å². The van der Waals surface area contributed by atoms with E-state index in [1.807, 2.05) is 68.4 Å². The van der Waals surface area contributed by atoms with E-state index in [9.17, 15) is 9.59 Å². The molecule has 2 atom stereocenters. The molecule has 0 aliphatic carbocycles. The van der Waals surface area contributed by atoms with Gasteiger partial charge in [0.2, 0.25) is 0 Å². The molecule has 4 nitrogen and oxygen atoms in total. The van der Waals surface area contributed by atoms with Crippen molar-refractivity contribution in [2.45, 2.75) is 34.1 Å². The van der Waals surface area contributed by atoms with E-state index in [0.29, 0.717) is 28.8 Å². The van der Waals surface area contributed by atoms with Gasteiger partial charge >= 0.3 is 0 Å². The molecule has 33 heavy (non-hydrogen) atoms. The molecule has 0 saturated carbocycles. The Kier molecular flexibility index (Phi) is 5.32. The number of benzene rings is 3. The number of piperidine rings is 1. The van der Waals surface area contributed by atoms with Crippen molar-refractivity contribution in [2.24, 2.45) is 11.8 Å². The first-order chi connectivity index (χ1) is 15.8. The molecule has 3 aromatic rings. The van der Waals surface area contributed by atoms with E-state index in [0.717, 1.165) is 47.0 Å². The van der Waals surface area contributed by atoms with Crippen LogP contribution in [0.2, 0.25) is 0 Å². The minimum absolute atomic E-state index is 0.215. The number of nitrogens with zero attached hydrogens (tertiary/aromatic N) is 2. The molecule has 4 heteroatoms. The zero-order chi connectivity index (χ0) is 23.3. The van der Waals surface area contributed by atoms with Crippen molar-refractivity contribution in [3.8, 4) is 0 Å². The minimum atomic E-state index is -0.232. The summed E-state index contributed by atoms with van der Waals surface area (Å²) < 4.78 is 0. The number of carbonyl (C=O) groups is 2. The van der Waals surface area contributed by atoms with Gasteiger partial charge < -0.3 is 4.90 Å². The number of amides is 2. The third-order valence-electron chi connectivity index (χ3n) is 6.90. The van der Waals surface area contributed by atoms with Gasteiger partial charge in [-0.25, -0.2) is 4.90 Å². The summed E-state index contributed by atoms with van der Waals surface area (Å²) >= 11 is 0. The third kappa shape index (κ3) is 3.64. The van der Waals surface area contributed by atoms with Crippen LogP contribution in [0.25, 0.3) is 16.3 Å². The number of aryl methyl sites for hydroxylation is 2. The average molecular weight is 439 g/mol. The Labute approximate surface area is 195 Å². The first-order valence-corrected chi connectivity index (χ1v) is 11.8. The molecule has 0 spiro atoms. The van der Waals surface area contributed by atoms with Crippen LogP contribution < -0.4 is 4.90 Å². The van der Waals surface area contributed by atoms with E-state index in [4.69, 9.17) is 0 Å². The normalized spacial score (nSPS) is 21.5. The van der Waals surface area contributed by atoms with Crippen LogP contribution in [0.3, 0.4) is 0 Å². The summed E-state index contributed by atoms with van der Waals surface area (Å²) in [5, 5.41) is 1.92. The summed E-state index contributed by atoms with van der Waals surface area (Å²) in [5.41, 5.74) is 4.74. The van der Waals surface area contributed by atoms with Crippen LogP contribution in [0.1, 0.15) is 37.0 Å². The van der Waals surface area contributed by atoms with Gasteiger partial charge in [-0.3, -0.25) is 9.59 Å². The first-order valence-electron chi connectivity index (χ1n) is 11.8. The molecule has 1 fully saturated rings. The lowest BCUT2D eigenvalue weighted by Gasteiger charge is -2.37. The summed E-state index contributed by atoms with van der Waals surface area (Å²) in [6.45, 7) is 10.1. The van der Waals surface area contributed by atoms with Crippen LogP contribution in [-0.2, 0) is 9.59 Å². The van der Waals surface area contributed by atoms with Crippen LogP contribution in [0.5, 0.6) is 0 Å². The van der Waals surface area contributed by atoms with Crippen molar-refractivity contribution >= 4 is 33.8 Å². The fourth-order valence-electron chi connectivity index (χ4n) is 5.62. The highest BCUT2D eigenvalue weighted by atomic mass is 16.2. The lowest BCUT2D eigenvalue weighted by atomic mass is 9.90. The van der Waals surface area contributed by atoms with E-state index in [-0.39, 0.29) is 11.8 Å². The molecule has 168 valence electrons. The molecule has 2 aliphatic rings. The SMILES string of the molecule is Cc1ccc(C2=C(N3CC(C)CC(C)C3)C(=O)N(c3cccc4ccccc34)C2=O)c(C)c1. The zero-order valence-electron chi connectivity index (χ0n) is 19.8. The Morgan fingerprint density at radius 2 is 1.52 bits per heavy atom. The fourth-order valence-corrected chi connectivity index (χ4v) is 5.62. The maximum atomic E-state index is 14.0. The second-order valence-corrected chi connectivity index (χ2v) is 9.84. The van der Waals surface area contributed by atoms with Gasteiger partial charge in [-0.05, 0) is 54.7 Å². The summed E-state index contributed by atoms with van der Waals surface area (Å²) in [5.74, 6) is 0.490. The molecular formula is C29H30N2O2. The number of imide groups is 1. The second-order valence-electron chi connectivity index (χ2n) is 9.84. The minimum Gasteiger partial charge on any atom is -0.366 e. The molecule has 3 aromatic carbocycles. The summed E-state index contributed by atoms with van der Waals surface area (Å²) in [6, 6.07) is 19.8. The topological polar surface area (TPSA) is 40.6 Å². The summed E-state index contributed by atoms with van der Waals surface area (Å²) in [7, 11) is 0. The number of anilines is 1. The van der Waals surface area contributed by atoms with Gasteiger partial charge in [0.1, 0.15) is 5.70 Å². The summed E-state index contributed by atoms with van der Waals surface area (Å²) in [4.78, 5) is 31.6. The largest absolute Gasteiger partial charge is 0.366 e. The number of hydrogen-bond acceptors (Lipinski definition) is 3. The second kappa shape index (κ2) is 8.18. The van der Waals surface area contributed by atoms with Crippen LogP contribution in [0.15, 0.2) is 66.4 Å². The molecule has 0 N–H and O–H groups in total. The fraction of sp³-hybridized carbons (Fsp3) is 0.310. The number of likely N-dealkylation sites (tertiary alicyclic amines) is 1. The Hall–Kier alpha value is -3.40. The molecule has 5 rings (SSSR count). The molecule has 0 aromatic heterocycles. The molecule has 2 heterocycles. The van der Waals surface area contributed by atoms with Crippen molar-refractivity contribution in [1.29, 1.82) is 0 Å². The van der Waals surface area contributed by atoms with Gasteiger partial charge in [0, 0.05) is 18.5 Å². The number of hydrogen-bond donors (Lipinski definition) is 0. The monoisotopic (exact) mass is 438 g/mol. The maximum Gasteiger partial charge on any atom is 0.282 e. The van der Waals surface area contributed by atoms with E-state index in [2.05, 4.69) is 24.8 Å².